The van der Waals surface area contributed by atoms with Crippen molar-refractivity contribution in [3.8, 4) is 5.75 Å². The molecule has 5 nitrogen and oxygen atoms in total. The number of aliphatic hydroxyl groups excluding tert-OH is 1. The van der Waals surface area contributed by atoms with Gasteiger partial charge in [0.25, 0.3) is 0 Å². The van der Waals surface area contributed by atoms with Crippen molar-refractivity contribution in [3.63, 3.8) is 0 Å². The van der Waals surface area contributed by atoms with Gasteiger partial charge in [0.1, 0.15) is 5.75 Å². The number of rotatable bonds is 6. The molecule has 3 aromatic rings. The molecule has 0 unspecified atom stereocenters. The van der Waals surface area contributed by atoms with E-state index in [-0.39, 0.29) is 36.4 Å². The number of anilines is 1. The molecule has 0 aliphatic heterocycles. The normalized spacial score (nSPS) is 24.7. The highest BCUT2D eigenvalue weighted by molar-refractivity contribution is 6.03. The second kappa shape index (κ2) is 8.41. The number of alkyl halides is 3. The minimum absolute atomic E-state index is 0.00267. The van der Waals surface area contributed by atoms with Crippen molar-refractivity contribution in [3.05, 3.63) is 59.8 Å². The Kier molecular flexibility index (Phi) is 5.56. The van der Waals surface area contributed by atoms with Gasteiger partial charge >= 0.3 is 6.18 Å². The summed E-state index contributed by atoms with van der Waals surface area (Å²) >= 11 is 0. The van der Waals surface area contributed by atoms with Gasteiger partial charge in [0.05, 0.1) is 17.4 Å². The van der Waals surface area contributed by atoms with Crippen LogP contribution in [0.4, 0.5) is 18.9 Å². The molecule has 1 aromatic heterocycles. The monoisotopic (exact) mass is 458 g/mol. The van der Waals surface area contributed by atoms with Gasteiger partial charge in [-0.25, -0.2) is 0 Å². The summed E-state index contributed by atoms with van der Waals surface area (Å²) in [6, 6.07) is 11.0. The predicted octanol–water partition coefficient (Wildman–Crippen LogP) is 5.47. The lowest BCUT2D eigenvalue weighted by Gasteiger charge is -2.36. The Labute approximate surface area is 188 Å². The zero-order valence-corrected chi connectivity index (χ0v) is 17.9. The summed E-state index contributed by atoms with van der Waals surface area (Å²) in [7, 11) is 0. The van der Waals surface area contributed by atoms with E-state index in [1.165, 1.54) is 0 Å². The molecule has 2 fully saturated rings. The maximum Gasteiger partial charge on any atom is 0.416 e. The number of amides is 1. The molecule has 5 rings (SSSR count). The quantitative estimate of drug-likeness (QED) is 0.459. The summed E-state index contributed by atoms with van der Waals surface area (Å²) < 4.78 is 44.3. The molecule has 0 spiro atoms. The van der Waals surface area contributed by atoms with Crippen LogP contribution in [-0.2, 0) is 11.0 Å². The minimum Gasteiger partial charge on any atom is -0.490 e. The van der Waals surface area contributed by atoms with Gasteiger partial charge in [0.2, 0.25) is 5.91 Å². The summed E-state index contributed by atoms with van der Waals surface area (Å²) in [5.41, 5.74) is 1.85. The third kappa shape index (κ3) is 4.44. The SMILES string of the molecule is O=C(Nc1c[nH]c2ccc(OC3CC(c4ccc(C(F)(F)F)cc4)C3)cc12)C1CC(CO)C1. The van der Waals surface area contributed by atoms with E-state index < -0.39 is 11.7 Å². The topological polar surface area (TPSA) is 74.4 Å². The van der Waals surface area contributed by atoms with Crippen molar-refractivity contribution in [2.45, 2.75) is 43.9 Å². The molecular weight excluding hydrogens is 433 g/mol. The Hall–Kier alpha value is -3.00. The molecule has 2 saturated carbocycles. The third-order valence-electron chi connectivity index (χ3n) is 6.88. The number of ether oxygens (including phenoxy) is 1. The number of nitrogens with one attached hydrogen (secondary N) is 2. The van der Waals surface area contributed by atoms with Crippen LogP contribution in [0.1, 0.15) is 42.7 Å². The maximum absolute atomic E-state index is 12.7. The second-order valence-corrected chi connectivity index (χ2v) is 9.14. The van der Waals surface area contributed by atoms with Crippen molar-refractivity contribution in [2.24, 2.45) is 11.8 Å². The van der Waals surface area contributed by atoms with E-state index in [9.17, 15) is 18.0 Å². The molecule has 2 aliphatic rings. The number of aliphatic hydroxyl groups is 1. The predicted molar refractivity (Wildman–Crippen MR) is 118 cm³/mol. The van der Waals surface area contributed by atoms with Crippen LogP contribution in [0.5, 0.6) is 5.75 Å². The first kappa shape index (κ1) is 21.8. The zero-order chi connectivity index (χ0) is 23.2. The molecule has 0 saturated heterocycles. The highest BCUT2D eigenvalue weighted by Gasteiger charge is 2.35. The Morgan fingerprint density at radius 3 is 2.48 bits per heavy atom. The number of H-pyrrole nitrogens is 1. The molecule has 0 atom stereocenters. The molecular formula is C25H25F3N2O3. The number of hydrogen-bond acceptors (Lipinski definition) is 3. The smallest absolute Gasteiger partial charge is 0.416 e. The van der Waals surface area contributed by atoms with Crippen molar-refractivity contribution >= 4 is 22.5 Å². The fourth-order valence-electron chi connectivity index (χ4n) is 4.68. The Morgan fingerprint density at radius 2 is 1.82 bits per heavy atom. The van der Waals surface area contributed by atoms with Gasteiger partial charge in [-0.15, -0.1) is 0 Å². The van der Waals surface area contributed by atoms with Gasteiger partial charge < -0.3 is 20.1 Å². The van der Waals surface area contributed by atoms with E-state index in [4.69, 9.17) is 9.84 Å². The molecule has 8 heteroatoms. The van der Waals surface area contributed by atoms with E-state index in [2.05, 4.69) is 10.3 Å². The number of benzene rings is 2. The van der Waals surface area contributed by atoms with Crippen molar-refractivity contribution < 1.29 is 27.8 Å². The third-order valence-corrected chi connectivity index (χ3v) is 6.88. The number of aromatic amines is 1. The molecule has 174 valence electrons. The highest BCUT2D eigenvalue weighted by atomic mass is 19.4. The van der Waals surface area contributed by atoms with Crippen LogP contribution in [-0.4, -0.2) is 28.7 Å². The largest absolute Gasteiger partial charge is 0.490 e. The fraction of sp³-hybridized carbons (Fsp3) is 0.400. The maximum atomic E-state index is 12.7. The van der Waals surface area contributed by atoms with E-state index in [0.29, 0.717) is 24.3 Å². The number of aromatic nitrogens is 1. The first-order valence-corrected chi connectivity index (χ1v) is 11.2. The number of hydrogen-bond donors (Lipinski definition) is 3. The molecule has 2 aliphatic carbocycles. The molecule has 2 aromatic carbocycles. The van der Waals surface area contributed by atoms with Gasteiger partial charge in [-0.3, -0.25) is 4.79 Å². The summed E-state index contributed by atoms with van der Waals surface area (Å²) in [5, 5.41) is 13.0. The second-order valence-electron chi connectivity index (χ2n) is 9.14. The number of halogens is 3. The molecule has 33 heavy (non-hydrogen) atoms. The van der Waals surface area contributed by atoms with E-state index in [1.54, 1.807) is 18.3 Å². The summed E-state index contributed by atoms with van der Waals surface area (Å²) in [6.45, 7) is 0.123. The van der Waals surface area contributed by atoms with E-state index in [0.717, 1.165) is 41.4 Å². The number of carbonyl (C=O) groups is 1. The Balaban J connectivity index is 1.19. The highest BCUT2D eigenvalue weighted by Crippen LogP contribution is 2.41. The molecule has 0 radical (unpaired) electrons. The van der Waals surface area contributed by atoms with E-state index in [1.807, 2.05) is 18.2 Å². The van der Waals surface area contributed by atoms with Crippen LogP contribution in [0, 0.1) is 11.8 Å². The van der Waals surface area contributed by atoms with Crippen LogP contribution in [0.3, 0.4) is 0 Å². The first-order valence-electron chi connectivity index (χ1n) is 11.2. The van der Waals surface area contributed by atoms with Crippen molar-refractivity contribution in [1.29, 1.82) is 0 Å². The standard InChI is InChI=1S/C25H25F3N2O3/c26-25(27,28)18-3-1-15(2-4-18)16-9-20(10-16)33-19-5-6-22-21(11-19)23(12-29-22)30-24(32)17-7-14(8-17)13-31/h1-6,11-12,14,16-17,20,29,31H,7-10,13H2,(H,30,32). The lowest BCUT2D eigenvalue weighted by Crippen LogP contribution is -2.35. The van der Waals surface area contributed by atoms with Crippen LogP contribution < -0.4 is 10.1 Å². The van der Waals surface area contributed by atoms with Crippen LogP contribution in [0.15, 0.2) is 48.7 Å². The summed E-state index contributed by atoms with van der Waals surface area (Å²) in [4.78, 5) is 15.6. The summed E-state index contributed by atoms with van der Waals surface area (Å²) in [6.07, 6.45) is 0.345. The van der Waals surface area contributed by atoms with E-state index >= 15 is 0 Å². The van der Waals surface area contributed by atoms with Gasteiger partial charge in [0, 0.05) is 29.6 Å². The Bertz CT molecular complexity index is 1140. The molecule has 3 N–H and O–H groups in total. The van der Waals surface area contributed by atoms with Crippen LogP contribution in [0.25, 0.3) is 10.9 Å². The minimum atomic E-state index is -4.32. The number of carbonyl (C=O) groups excluding carboxylic acids is 1. The average molecular weight is 458 g/mol. The molecule has 0 bridgehead atoms. The fourth-order valence-corrected chi connectivity index (χ4v) is 4.68. The average Bonchev–Trinajstić information content (AvgIpc) is 3.11. The van der Waals surface area contributed by atoms with Crippen molar-refractivity contribution in [1.82, 2.24) is 4.98 Å². The number of fused-ring (bicyclic) bond motifs is 1. The molecule has 1 heterocycles. The molecule has 1 amide bonds. The summed E-state index contributed by atoms with van der Waals surface area (Å²) in [5.74, 6) is 0.998. The first-order chi connectivity index (χ1) is 15.8. The van der Waals surface area contributed by atoms with Crippen LogP contribution >= 0.6 is 0 Å². The van der Waals surface area contributed by atoms with Gasteiger partial charge in [0.15, 0.2) is 0 Å². The van der Waals surface area contributed by atoms with Gasteiger partial charge in [-0.1, -0.05) is 12.1 Å². The lowest BCUT2D eigenvalue weighted by atomic mass is 9.75. The van der Waals surface area contributed by atoms with Crippen LogP contribution in [0.2, 0.25) is 0 Å². The lowest BCUT2D eigenvalue weighted by molar-refractivity contribution is -0.137. The Morgan fingerprint density at radius 1 is 1.09 bits per heavy atom. The van der Waals surface area contributed by atoms with Gasteiger partial charge in [-0.05, 0) is 73.4 Å². The van der Waals surface area contributed by atoms with Crippen molar-refractivity contribution in [2.75, 3.05) is 11.9 Å². The van der Waals surface area contributed by atoms with Gasteiger partial charge in [-0.2, -0.15) is 13.2 Å². The zero-order valence-electron chi connectivity index (χ0n) is 17.9.